The molecule has 0 fully saturated rings. The van der Waals surface area contributed by atoms with Gasteiger partial charge in [-0.3, -0.25) is 4.79 Å². The van der Waals surface area contributed by atoms with Gasteiger partial charge in [0.15, 0.2) is 18.1 Å². The Morgan fingerprint density at radius 3 is 2.52 bits per heavy atom. The summed E-state index contributed by atoms with van der Waals surface area (Å²) in [6.45, 7) is 0.716. The maximum absolute atomic E-state index is 12.6. The van der Waals surface area contributed by atoms with Gasteiger partial charge in [0.2, 0.25) is 10.0 Å². The normalized spacial score (nSPS) is 11.7. The average Bonchev–Trinajstić information content (AvgIpc) is 2.78. The van der Waals surface area contributed by atoms with E-state index in [1.807, 2.05) is 0 Å². The second kappa shape index (κ2) is 12.1. The number of nitrogens with zero attached hydrogens (tertiary/aromatic N) is 2. The molecule has 12 heteroatoms. The van der Waals surface area contributed by atoms with E-state index in [2.05, 4.69) is 15.2 Å². The van der Waals surface area contributed by atoms with E-state index in [9.17, 15) is 22.0 Å². The van der Waals surface area contributed by atoms with E-state index in [-0.39, 0.29) is 16.4 Å². The number of hydrogen-bond acceptors (Lipinski definition) is 7. The van der Waals surface area contributed by atoms with Crippen molar-refractivity contribution in [1.82, 2.24) is 4.31 Å². The van der Waals surface area contributed by atoms with Crippen molar-refractivity contribution in [3.63, 3.8) is 0 Å². The summed E-state index contributed by atoms with van der Waals surface area (Å²) in [5.41, 5.74) is 0.753. The minimum Gasteiger partial charge on any atom is -0.493 e. The lowest BCUT2D eigenvalue weighted by Crippen LogP contribution is -2.30. The third-order valence-electron chi connectivity index (χ3n) is 4.34. The van der Waals surface area contributed by atoms with Gasteiger partial charge in [0.05, 0.1) is 18.2 Å². The molecule has 0 aliphatic rings. The summed E-state index contributed by atoms with van der Waals surface area (Å²) >= 11 is 0. The highest BCUT2D eigenvalue weighted by Gasteiger charge is 2.21. The molecule has 1 N–H and O–H groups in total. The summed E-state index contributed by atoms with van der Waals surface area (Å²) in [5.74, 6) is -0.602. The van der Waals surface area contributed by atoms with Crippen molar-refractivity contribution >= 4 is 27.8 Å². The first-order valence-corrected chi connectivity index (χ1v) is 11.3. The van der Waals surface area contributed by atoms with Crippen LogP contribution in [0.4, 0.5) is 14.5 Å². The summed E-state index contributed by atoms with van der Waals surface area (Å²) in [5, 5.41) is 6.20. The van der Waals surface area contributed by atoms with Crippen LogP contribution in [0.2, 0.25) is 0 Å². The van der Waals surface area contributed by atoms with Crippen molar-refractivity contribution in [3.05, 3.63) is 48.0 Å². The predicted octanol–water partition coefficient (Wildman–Crippen LogP) is 3.32. The van der Waals surface area contributed by atoms with Crippen LogP contribution in [0.3, 0.4) is 0 Å². The second-order valence-electron chi connectivity index (χ2n) is 6.46. The number of anilines is 1. The highest BCUT2D eigenvalue weighted by atomic mass is 32.2. The van der Waals surface area contributed by atoms with Gasteiger partial charge < -0.3 is 19.6 Å². The van der Waals surface area contributed by atoms with Crippen LogP contribution in [0, 0.1) is 0 Å². The zero-order valence-electron chi connectivity index (χ0n) is 18.3. The fourth-order valence-corrected chi connectivity index (χ4v) is 4.30. The summed E-state index contributed by atoms with van der Waals surface area (Å²) in [6, 6.07) is 10.1. The molecule has 33 heavy (non-hydrogen) atoms. The molecule has 0 unspecified atom stereocenters. The molecule has 0 saturated heterocycles. The van der Waals surface area contributed by atoms with E-state index in [1.54, 1.807) is 19.9 Å². The molecule has 0 aromatic heterocycles. The van der Waals surface area contributed by atoms with Gasteiger partial charge in [-0.25, -0.2) is 8.42 Å². The maximum atomic E-state index is 12.6. The van der Waals surface area contributed by atoms with Crippen molar-refractivity contribution < 1.29 is 36.3 Å². The van der Waals surface area contributed by atoms with Crippen LogP contribution in [0.15, 0.2) is 52.5 Å². The van der Waals surface area contributed by atoms with Gasteiger partial charge in [-0.1, -0.05) is 25.1 Å². The predicted molar refractivity (Wildman–Crippen MR) is 118 cm³/mol. The maximum Gasteiger partial charge on any atom is 0.387 e. The van der Waals surface area contributed by atoms with E-state index in [1.165, 1.54) is 54.0 Å². The highest BCUT2D eigenvalue weighted by molar-refractivity contribution is 7.89. The standard InChI is InChI=1S/C21H25F2N3O6S/c1-4-26(5-2)33(28,29)17-8-6-7-16(12-17)25-20(27)14-31-24-13-15-9-10-18(32-21(22)23)19(11-15)30-3/h6-13,21H,4-5,14H2,1-3H3,(H,25,27)/b24-13+. The number of carbonyl (C=O) groups excluding carboxylic acids is 1. The number of ether oxygens (including phenoxy) is 2. The Balaban J connectivity index is 1.95. The number of carbonyl (C=O) groups is 1. The van der Waals surface area contributed by atoms with Crippen LogP contribution in [0.5, 0.6) is 11.5 Å². The van der Waals surface area contributed by atoms with Crippen LogP contribution in [0.25, 0.3) is 0 Å². The number of hydrogen-bond donors (Lipinski definition) is 1. The van der Waals surface area contributed by atoms with Crippen LogP contribution in [-0.2, 0) is 19.7 Å². The Labute approximate surface area is 191 Å². The zero-order chi connectivity index (χ0) is 24.4. The monoisotopic (exact) mass is 485 g/mol. The molecule has 0 radical (unpaired) electrons. The topological polar surface area (TPSA) is 107 Å². The van der Waals surface area contributed by atoms with Crippen LogP contribution in [-0.4, -0.2) is 58.3 Å². The van der Waals surface area contributed by atoms with Crippen LogP contribution >= 0.6 is 0 Å². The number of alkyl halides is 2. The quantitative estimate of drug-likeness (QED) is 0.365. The molecule has 0 saturated carbocycles. The van der Waals surface area contributed by atoms with E-state index >= 15 is 0 Å². The molecule has 2 rings (SSSR count). The van der Waals surface area contributed by atoms with Crippen molar-refractivity contribution in [2.24, 2.45) is 5.16 Å². The highest BCUT2D eigenvalue weighted by Crippen LogP contribution is 2.29. The molecule has 9 nitrogen and oxygen atoms in total. The Morgan fingerprint density at radius 1 is 1.15 bits per heavy atom. The molecule has 0 atom stereocenters. The van der Waals surface area contributed by atoms with Crippen LogP contribution in [0.1, 0.15) is 19.4 Å². The Hall–Kier alpha value is -3.25. The van der Waals surface area contributed by atoms with Gasteiger partial charge in [0.1, 0.15) is 0 Å². The molecule has 2 aromatic carbocycles. The minimum atomic E-state index is -3.66. The number of rotatable bonds is 12. The third-order valence-corrected chi connectivity index (χ3v) is 6.38. The molecular formula is C21H25F2N3O6S. The lowest BCUT2D eigenvalue weighted by molar-refractivity contribution is -0.120. The van der Waals surface area contributed by atoms with E-state index in [0.717, 1.165) is 0 Å². The van der Waals surface area contributed by atoms with Crippen molar-refractivity contribution in [1.29, 1.82) is 0 Å². The van der Waals surface area contributed by atoms with Crippen molar-refractivity contribution in [3.8, 4) is 11.5 Å². The summed E-state index contributed by atoms with van der Waals surface area (Å²) in [7, 11) is -2.36. The Morgan fingerprint density at radius 2 is 1.88 bits per heavy atom. The summed E-state index contributed by atoms with van der Waals surface area (Å²) in [4.78, 5) is 17.1. The fourth-order valence-electron chi connectivity index (χ4n) is 2.80. The molecule has 0 spiro atoms. The zero-order valence-corrected chi connectivity index (χ0v) is 19.1. The largest absolute Gasteiger partial charge is 0.493 e. The number of oxime groups is 1. The second-order valence-corrected chi connectivity index (χ2v) is 8.40. The number of sulfonamides is 1. The fraction of sp³-hybridized carbons (Fsp3) is 0.333. The number of nitrogens with one attached hydrogen (secondary N) is 1. The SMILES string of the molecule is CCN(CC)S(=O)(=O)c1cccc(NC(=O)CO/N=C/c2ccc(OC(F)F)c(OC)c2)c1. The van der Waals surface area contributed by atoms with Gasteiger partial charge in [-0.15, -0.1) is 0 Å². The molecular weight excluding hydrogens is 460 g/mol. The van der Waals surface area contributed by atoms with Gasteiger partial charge in [-0.05, 0) is 36.4 Å². The van der Waals surface area contributed by atoms with Crippen molar-refractivity contribution in [2.75, 3.05) is 32.1 Å². The van der Waals surface area contributed by atoms with Gasteiger partial charge in [0.25, 0.3) is 5.91 Å². The molecule has 1 amide bonds. The first-order chi connectivity index (χ1) is 15.7. The van der Waals surface area contributed by atoms with Gasteiger partial charge in [0, 0.05) is 24.3 Å². The smallest absolute Gasteiger partial charge is 0.387 e. The Bertz CT molecular complexity index is 1080. The molecule has 180 valence electrons. The van der Waals surface area contributed by atoms with E-state index in [4.69, 9.17) is 9.57 Å². The van der Waals surface area contributed by atoms with Gasteiger partial charge in [-0.2, -0.15) is 13.1 Å². The lowest BCUT2D eigenvalue weighted by atomic mass is 10.2. The number of methoxy groups -OCH3 is 1. The molecule has 0 aliphatic carbocycles. The number of amides is 1. The van der Waals surface area contributed by atoms with Crippen molar-refractivity contribution in [2.45, 2.75) is 25.4 Å². The van der Waals surface area contributed by atoms with Crippen LogP contribution < -0.4 is 14.8 Å². The lowest BCUT2D eigenvalue weighted by Gasteiger charge is -2.18. The van der Waals surface area contributed by atoms with E-state index in [0.29, 0.717) is 24.3 Å². The molecule has 0 bridgehead atoms. The molecule has 0 aliphatic heterocycles. The third kappa shape index (κ3) is 7.39. The summed E-state index contributed by atoms with van der Waals surface area (Å²) in [6.07, 6.45) is 1.26. The van der Waals surface area contributed by atoms with E-state index < -0.39 is 29.1 Å². The van der Waals surface area contributed by atoms with Gasteiger partial charge >= 0.3 is 6.61 Å². The number of halogens is 2. The Kier molecular flexibility index (Phi) is 9.55. The first-order valence-electron chi connectivity index (χ1n) is 9.89. The average molecular weight is 486 g/mol. The number of benzene rings is 2. The molecule has 0 heterocycles. The minimum absolute atomic E-state index is 0.0659. The summed E-state index contributed by atoms with van der Waals surface area (Å²) < 4.78 is 60.6. The molecule has 2 aromatic rings. The first kappa shape index (κ1) is 26.0.